The maximum atomic E-state index is 12.1. The summed E-state index contributed by atoms with van der Waals surface area (Å²) in [6, 6.07) is 0. The van der Waals surface area contributed by atoms with Crippen molar-refractivity contribution in [3.05, 3.63) is 0 Å². The fourth-order valence-corrected chi connectivity index (χ4v) is 1.23. The molecule has 0 aromatic carbocycles. The Bertz CT molecular complexity index is 314. The van der Waals surface area contributed by atoms with Crippen molar-refractivity contribution in [2.45, 2.75) is 39.2 Å². The van der Waals surface area contributed by atoms with Gasteiger partial charge < -0.3 is 9.57 Å². The number of ether oxygens (including phenoxy) is 1. The van der Waals surface area contributed by atoms with Crippen LogP contribution in [0.25, 0.3) is 0 Å². The Hall–Kier alpha value is -1.40. The van der Waals surface area contributed by atoms with Gasteiger partial charge in [0, 0.05) is 5.92 Å². The zero-order valence-corrected chi connectivity index (χ0v) is 9.83. The van der Waals surface area contributed by atoms with E-state index in [2.05, 4.69) is 4.84 Å². The molecule has 1 saturated carbocycles. The van der Waals surface area contributed by atoms with E-state index in [1.54, 1.807) is 26.3 Å². The Labute approximate surface area is 97.4 Å². The van der Waals surface area contributed by atoms with Crippen LogP contribution in [0.3, 0.4) is 0 Å². The fourth-order valence-electron chi connectivity index (χ4n) is 1.23. The third kappa shape index (κ3) is 4.54. The molecule has 1 rings (SSSR count). The number of hydrogen-bond acceptors (Lipinski definition) is 4. The highest BCUT2D eigenvalue weighted by molar-refractivity contribution is 5.77. The van der Waals surface area contributed by atoms with Crippen molar-refractivity contribution in [2.75, 3.05) is 0 Å². The normalized spacial score (nSPS) is 23.2. The second-order valence-electron chi connectivity index (χ2n) is 4.87. The molecule has 5 nitrogen and oxygen atoms in total. The molecular formula is C10H15F2NO4. The van der Waals surface area contributed by atoms with Crippen molar-refractivity contribution in [1.82, 2.24) is 5.48 Å². The third-order valence-electron chi connectivity index (χ3n) is 2.10. The molecule has 1 N–H and O–H groups in total. The molecule has 0 radical (unpaired) electrons. The molecule has 0 saturated heterocycles. The standard InChI is InChI=1S/C10H15F2NO4/c1-10(2,3)16-9(15)13-17-8(14)6-4-5(6)7(11)12/h5-7H,4H2,1-3H3,(H,13,15). The van der Waals surface area contributed by atoms with Gasteiger partial charge in [-0.2, -0.15) is 0 Å². The van der Waals surface area contributed by atoms with Gasteiger partial charge in [-0.25, -0.2) is 18.4 Å². The van der Waals surface area contributed by atoms with Crippen molar-refractivity contribution in [3.8, 4) is 0 Å². The van der Waals surface area contributed by atoms with Gasteiger partial charge in [-0.3, -0.25) is 0 Å². The predicted molar refractivity (Wildman–Crippen MR) is 53.1 cm³/mol. The topological polar surface area (TPSA) is 64.6 Å². The number of carbonyl (C=O) groups excluding carboxylic acids is 2. The van der Waals surface area contributed by atoms with E-state index in [9.17, 15) is 18.4 Å². The van der Waals surface area contributed by atoms with Crippen LogP contribution in [0.15, 0.2) is 0 Å². The highest BCUT2D eigenvalue weighted by Crippen LogP contribution is 2.43. The number of rotatable bonds is 2. The minimum atomic E-state index is -2.53. The first-order valence-corrected chi connectivity index (χ1v) is 5.18. The molecule has 1 amide bonds. The summed E-state index contributed by atoms with van der Waals surface area (Å²) in [6.45, 7) is 4.92. The van der Waals surface area contributed by atoms with Gasteiger partial charge in [-0.1, -0.05) is 0 Å². The van der Waals surface area contributed by atoms with Gasteiger partial charge in [0.2, 0.25) is 6.43 Å². The first kappa shape index (κ1) is 13.7. The molecule has 1 aliphatic rings. The molecule has 0 heterocycles. The molecular weight excluding hydrogens is 236 g/mol. The Kier molecular flexibility index (Phi) is 3.90. The largest absolute Gasteiger partial charge is 0.442 e. The van der Waals surface area contributed by atoms with Crippen LogP contribution in [0.1, 0.15) is 27.2 Å². The molecule has 1 fully saturated rings. The van der Waals surface area contributed by atoms with Crippen molar-refractivity contribution in [3.63, 3.8) is 0 Å². The molecule has 7 heteroatoms. The summed E-state index contributed by atoms with van der Waals surface area (Å²) in [4.78, 5) is 26.6. The maximum Gasteiger partial charge on any atom is 0.441 e. The van der Waals surface area contributed by atoms with E-state index in [0.717, 1.165) is 0 Å². The van der Waals surface area contributed by atoms with Crippen LogP contribution in [0.5, 0.6) is 0 Å². The Morgan fingerprint density at radius 2 is 1.94 bits per heavy atom. The van der Waals surface area contributed by atoms with Gasteiger partial charge in [-0.15, -0.1) is 5.48 Å². The fraction of sp³-hybridized carbons (Fsp3) is 0.800. The van der Waals surface area contributed by atoms with Gasteiger partial charge in [0.25, 0.3) is 0 Å². The number of hydroxylamine groups is 1. The smallest absolute Gasteiger partial charge is 0.441 e. The number of halogens is 2. The van der Waals surface area contributed by atoms with Gasteiger partial charge in [0.1, 0.15) is 5.60 Å². The van der Waals surface area contributed by atoms with E-state index < -0.39 is 35.9 Å². The molecule has 2 atom stereocenters. The van der Waals surface area contributed by atoms with E-state index in [4.69, 9.17) is 4.74 Å². The van der Waals surface area contributed by atoms with E-state index in [0.29, 0.717) is 0 Å². The molecule has 1 aliphatic carbocycles. The zero-order valence-electron chi connectivity index (χ0n) is 9.83. The first-order valence-electron chi connectivity index (χ1n) is 5.18. The first-order chi connectivity index (χ1) is 7.70. The van der Waals surface area contributed by atoms with Crippen LogP contribution in [-0.4, -0.2) is 24.1 Å². The Morgan fingerprint density at radius 3 is 2.35 bits per heavy atom. The lowest BCUT2D eigenvalue weighted by atomic mass is 10.2. The Balaban J connectivity index is 2.24. The number of carbonyl (C=O) groups is 2. The van der Waals surface area contributed by atoms with Crippen molar-refractivity contribution in [1.29, 1.82) is 0 Å². The van der Waals surface area contributed by atoms with Crippen LogP contribution in [0, 0.1) is 11.8 Å². The van der Waals surface area contributed by atoms with Gasteiger partial charge in [0.05, 0.1) is 5.92 Å². The summed E-state index contributed by atoms with van der Waals surface area (Å²) in [7, 11) is 0. The van der Waals surface area contributed by atoms with E-state index in [-0.39, 0.29) is 6.42 Å². The summed E-state index contributed by atoms with van der Waals surface area (Å²) in [5.74, 6) is -2.64. The highest BCUT2D eigenvalue weighted by Gasteiger charge is 2.50. The van der Waals surface area contributed by atoms with Crippen molar-refractivity contribution in [2.24, 2.45) is 11.8 Å². The minimum absolute atomic E-state index is 0.0898. The molecule has 98 valence electrons. The number of nitrogens with one attached hydrogen (secondary N) is 1. The lowest BCUT2D eigenvalue weighted by Crippen LogP contribution is -2.34. The SMILES string of the molecule is CC(C)(C)OC(=O)NOC(=O)C1CC1C(F)F. The molecule has 0 aromatic heterocycles. The number of alkyl halides is 2. The zero-order chi connectivity index (χ0) is 13.2. The van der Waals surface area contributed by atoms with Crippen molar-refractivity contribution < 1.29 is 27.9 Å². The van der Waals surface area contributed by atoms with Crippen LogP contribution in [0.2, 0.25) is 0 Å². The monoisotopic (exact) mass is 251 g/mol. The highest BCUT2D eigenvalue weighted by atomic mass is 19.3. The average Bonchev–Trinajstić information content (AvgIpc) is 2.90. The summed E-state index contributed by atoms with van der Waals surface area (Å²) in [5, 5.41) is 0. The molecule has 17 heavy (non-hydrogen) atoms. The lowest BCUT2D eigenvalue weighted by molar-refractivity contribution is -0.153. The summed E-state index contributed by atoms with van der Waals surface area (Å²) in [6.07, 6.45) is -3.37. The van der Waals surface area contributed by atoms with Crippen molar-refractivity contribution >= 4 is 12.1 Å². The van der Waals surface area contributed by atoms with Crippen LogP contribution in [-0.2, 0) is 14.4 Å². The lowest BCUT2D eigenvalue weighted by Gasteiger charge is -2.19. The van der Waals surface area contributed by atoms with Crippen LogP contribution >= 0.6 is 0 Å². The third-order valence-corrected chi connectivity index (χ3v) is 2.10. The molecule has 0 spiro atoms. The summed E-state index contributed by atoms with van der Waals surface area (Å²) in [5.41, 5.74) is 1.04. The minimum Gasteiger partial charge on any atom is -0.442 e. The molecule has 0 aliphatic heterocycles. The Morgan fingerprint density at radius 1 is 1.35 bits per heavy atom. The van der Waals surface area contributed by atoms with E-state index >= 15 is 0 Å². The number of amides is 1. The molecule has 0 aromatic rings. The van der Waals surface area contributed by atoms with Gasteiger partial charge >= 0.3 is 12.1 Å². The summed E-state index contributed by atoms with van der Waals surface area (Å²) < 4.78 is 29.1. The quantitative estimate of drug-likeness (QED) is 0.761. The maximum absolute atomic E-state index is 12.1. The van der Waals surface area contributed by atoms with Gasteiger partial charge in [0.15, 0.2) is 0 Å². The second kappa shape index (κ2) is 4.85. The second-order valence-corrected chi connectivity index (χ2v) is 4.87. The van der Waals surface area contributed by atoms with Crippen LogP contribution < -0.4 is 5.48 Å². The predicted octanol–water partition coefficient (Wildman–Crippen LogP) is 1.87. The summed E-state index contributed by atoms with van der Waals surface area (Å²) >= 11 is 0. The van der Waals surface area contributed by atoms with Gasteiger partial charge in [-0.05, 0) is 27.2 Å². The van der Waals surface area contributed by atoms with E-state index in [1.807, 2.05) is 0 Å². The van der Waals surface area contributed by atoms with E-state index in [1.165, 1.54) is 0 Å². The molecule has 0 bridgehead atoms. The average molecular weight is 251 g/mol. The van der Waals surface area contributed by atoms with Crippen LogP contribution in [0.4, 0.5) is 13.6 Å². The molecule has 2 unspecified atom stereocenters. The number of hydrogen-bond donors (Lipinski definition) is 1.